The largest absolute Gasteiger partial charge is 0.464 e. The molecule has 0 radical (unpaired) electrons. The van der Waals surface area contributed by atoms with Crippen molar-refractivity contribution in [2.45, 2.75) is 44.2 Å². The van der Waals surface area contributed by atoms with E-state index in [9.17, 15) is 22.8 Å². The zero-order valence-electron chi connectivity index (χ0n) is 18.7. The van der Waals surface area contributed by atoms with E-state index in [0.717, 1.165) is 22.9 Å². The molecule has 0 aliphatic rings. The Kier molecular flexibility index (Phi) is 10.1. The lowest BCUT2D eigenvalue weighted by Crippen LogP contribution is -2.45. The Labute approximate surface area is 198 Å². The highest BCUT2D eigenvalue weighted by Crippen LogP contribution is 2.17. The number of amides is 1. The minimum absolute atomic E-state index is 0.0478. The molecule has 2 atom stereocenters. The molecule has 2 rings (SSSR count). The molecule has 0 aliphatic heterocycles. The number of hydrogen-bond acceptors (Lipinski definition) is 7. The number of carbonyl (C=O) groups excluding carboxylic acids is 3. The quantitative estimate of drug-likeness (QED) is 0.462. The lowest BCUT2D eigenvalue weighted by Gasteiger charge is -2.20. The SMILES string of the molecule is CCOC(=O)[C@H](CSC(=O)[C@H](Cc1ccccc1)NS(=O)(=O)c1ccc(C)cc1)NC(C)=O. The molecule has 0 aliphatic carbocycles. The van der Waals surface area contributed by atoms with Crippen LogP contribution in [-0.4, -0.2) is 49.9 Å². The lowest BCUT2D eigenvalue weighted by molar-refractivity contribution is -0.146. The van der Waals surface area contributed by atoms with E-state index in [1.165, 1.54) is 19.1 Å². The molecule has 2 N–H and O–H groups in total. The van der Waals surface area contributed by atoms with Gasteiger partial charge in [-0.25, -0.2) is 13.2 Å². The Balaban J connectivity index is 2.21. The first kappa shape index (κ1) is 26.6. The molecule has 2 aromatic carbocycles. The number of aryl methyl sites for hydroxylation is 1. The van der Waals surface area contributed by atoms with Crippen molar-refractivity contribution in [2.75, 3.05) is 12.4 Å². The standard InChI is InChI=1S/C23H28N2O6S2/c1-4-31-22(27)21(24-17(3)26)15-32-23(28)20(14-18-8-6-5-7-9-18)25-33(29,30)19-12-10-16(2)11-13-19/h5-13,20-21,25H,4,14-15H2,1-3H3,(H,24,26)/t20-,21-/m0/s1. The summed E-state index contributed by atoms with van der Waals surface area (Å²) >= 11 is 0.765. The number of nitrogens with one attached hydrogen (secondary N) is 2. The van der Waals surface area contributed by atoms with Gasteiger partial charge in [0, 0.05) is 12.7 Å². The van der Waals surface area contributed by atoms with E-state index in [-0.39, 0.29) is 23.7 Å². The van der Waals surface area contributed by atoms with E-state index >= 15 is 0 Å². The van der Waals surface area contributed by atoms with Crippen LogP contribution in [0.3, 0.4) is 0 Å². The summed E-state index contributed by atoms with van der Waals surface area (Å²) in [5.41, 5.74) is 1.68. The smallest absolute Gasteiger partial charge is 0.329 e. The summed E-state index contributed by atoms with van der Waals surface area (Å²) in [7, 11) is -3.97. The van der Waals surface area contributed by atoms with Gasteiger partial charge in [-0.2, -0.15) is 4.72 Å². The molecule has 1 amide bonds. The molecule has 10 heteroatoms. The Morgan fingerprint density at radius 2 is 1.64 bits per heavy atom. The van der Waals surface area contributed by atoms with Gasteiger partial charge in [0.1, 0.15) is 6.04 Å². The van der Waals surface area contributed by atoms with Gasteiger partial charge in [0.15, 0.2) is 0 Å². The van der Waals surface area contributed by atoms with Gasteiger partial charge in [0.2, 0.25) is 21.0 Å². The van der Waals surface area contributed by atoms with Crippen LogP contribution < -0.4 is 10.0 Å². The summed E-state index contributed by atoms with van der Waals surface area (Å²) in [5, 5.41) is 1.99. The lowest BCUT2D eigenvalue weighted by atomic mass is 10.1. The van der Waals surface area contributed by atoms with E-state index in [4.69, 9.17) is 4.74 Å². The van der Waals surface area contributed by atoms with Crippen molar-refractivity contribution in [1.29, 1.82) is 0 Å². The highest BCUT2D eigenvalue weighted by atomic mass is 32.2. The number of thioether (sulfide) groups is 1. The normalized spacial score (nSPS) is 13.1. The molecule has 0 saturated carbocycles. The third-order valence-electron chi connectivity index (χ3n) is 4.54. The first-order chi connectivity index (χ1) is 15.6. The highest BCUT2D eigenvalue weighted by Gasteiger charge is 2.29. The number of rotatable bonds is 11. The van der Waals surface area contributed by atoms with E-state index < -0.39 is 39.1 Å². The first-order valence-corrected chi connectivity index (χ1v) is 12.8. The molecule has 8 nitrogen and oxygen atoms in total. The molecule has 2 aromatic rings. The minimum atomic E-state index is -3.97. The highest BCUT2D eigenvalue weighted by molar-refractivity contribution is 8.13. The Bertz CT molecular complexity index is 1060. The van der Waals surface area contributed by atoms with Crippen molar-refractivity contribution < 1.29 is 27.5 Å². The average molecular weight is 493 g/mol. The second kappa shape index (κ2) is 12.5. The van der Waals surface area contributed by atoms with Gasteiger partial charge in [-0.05, 0) is 38.0 Å². The predicted molar refractivity (Wildman–Crippen MR) is 127 cm³/mol. The second-order valence-corrected chi connectivity index (χ2v) is 10.1. The summed E-state index contributed by atoms with van der Waals surface area (Å²) in [4.78, 5) is 36.7. The van der Waals surface area contributed by atoms with E-state index in [0.29, 0.717) is 0 Å². The van der Waals surface area contributed by atoms with Crippen LogP contribution in [0.25, 0.3) is 0 Å². The summed E-state index contributed by atoms with van der Waals surface area (Å²) < 4.78 is 33.3. The van der Waals surface area contributed by atoms with Crippen LogP contribution in [0, 0.1) is 6.92 Å². The number of sulfonamides is 1. The maximum atomic E-state index is 13.1. The topological polar surface area (TPSA) is 119 Å². The summed E-state index contributed by atoms with van der Waals surface area (Å²) in [6.07, 6.45) is 0.127. The molecule has 0 saturated heterocycles. The van der Waals surface area contributed by atoms with Crippen LogP contribution >= 0.6 is 11.8 Å². The number of ether oxygens (including phenoxy) is 1. The van der Waals surface area contributed by atoms with E-state index in [1.807, 2.05) is 13.0 Å². The zero-order chi connectivity index (χ0) is 24.4. The molecule has 0 heterocycles. The fraction of sp³-hybridized carbons (Fsp3) is 0.348. The van der Waals surface area contributed by atoms with Crippen molar-refractivity contribution in [3.05, 3.63) is 65.7 Å². The van der Waals surface area contributed by atoms with Crippen LogP contribution in [-0.2, 0) is 35.6 Å². The van der Waals surface area contributed by atoms with Crippen molar-refractivity contribution in [2.24, 2.45) is 0 Å². The fourth-order valence-corrected chi connectivity index (χ4v) is 5.08. The molecular weight excluding hydrogens is 464 g/mol. The van der Waals surface area contributed by atoms with Crippen molar-refractivity contribution in [1.82, 2.24) is 10.0 Å². The van der Waals surface area contributed by atoms with Gasteiger partial charge in [-0.15, -0.1) is 0 Å². The van der Waals surface area contributed by atoms with Crippen molar-refractivity contribution in [3.63, 3.8) is 0 Å². The second-order valence-electron chi connectivity index (χ2n) is 7.31. The maximum Gasteiger partial charge on any atom is 0.329 e. The van der Waals surface area contributed by atoms with Gasteiger partial charge in [0.05, 0.1) is 17.5 Å². The summed E-state index contributed by atoms with van der Waals surface area (Å²) in [6.45, 7) is 4.86. The molecule has 0 unspecified atom stereocenters. The van der Waals surface area contributed by atoms with E-state index in [2.05, 4.69) is 10.0 Å². The Morgan fingerprint density at radius 1 is 1.00 bits per heavy atom. The van der Waals surface area contributed by atoms with Gasteiger partial charge in [0.25, 0.3) is 0 Å². The van der Waals surface area contributed by atoms with Crippen molar-refractivity contribution >= 4 is 38.8 Å². The van der Waals surface area contributed by atoms with Crippen molar-refractivity contribution in [3.8, 4) is 0 Å². The van der Waals surface area contributed by atoms with Crippen LogP contribution in [0.5, 0.6) is 0 Å². The molecule has 33 heavy (non-hydrogen) atoms. The van der Waals surface area contributed by atoms with Crippen LogP contribution in [0.1, 0.15) is 25.0 Å². The van der Waals surface area contributed by atoms with Crippen LogP contribution in [0.15, 0.2) is 59.5 Å². The average Bonchev–Trinajstić information content (AvgIpc) is 2.76. The monoisotopic (exact) mass is 492 g/mol. The molecule has 0 bridgehead atoms. The van der Waals surface area contributed by atoms with E-state index in [1.54, 1.807) is 43.3 Å². The number of hydrogen-bond donors (Lipinski definition) is 2. The third-order valence-corrected chi connectivity index (χ3v) is 7.09. The first-order valence-electron chi connectivity index (χ1n) is 10.4. The molecular formula is C23H28N2O6S2. The summed E-state index contributed by atoms with van der Waals surface area (Å²) in [5.74, 6) is -1.19. The number of benzene rings is 2. The minimum Gasteiger partial charge on any atom is -0.464 e. The Morgan fingerprint density at radius 3 is 2.21 bits per heavy atom. The Hall–Kier alpha value is -2.69. The molecule has 0 spiro atoms. The summed E-state index contributed by atoms with van der Waals surface area (Å²) in [6, 6.07) is 13.2. The number of carbonyl (C=O) groups is 3. The van der Waals surface area contributed by atoms with Gasteiger partial charge in [-0.1, -0.05) is 59.8 Å². The maximum absolute atomic E-state index is 13.1. The fourth-order valence-electron chi connectivity index (χ4n) is 2.92. The van der Waals surface area contributed by atoms with Crippen LogP contribution in [0.4, 0.5) is 0 Å². The zero-order valence-corrected chi connectivity index (χ0v) is 20.4. The number of esters is 1. The third kappa shape index (κ3) is 8.64. The van der Waals surface area contributed by atoms with Crippen LogP contribution in [0.2, 0.25) is 0 Å². The van der Waals surface area contributed by atoms with Gasteiger partial charge < -0.3 is 10.1 Å². The molecule has 0 aromatic heterocycles. The predicted octanol–water partition coefficient (Wildman–Crippen LogP) is 2.21. The molecule has 178 valence electrons. The van der Waals surface area contributed by atoms with Gasteiger partial charge in [-0.3, -0.25) is 9.59 Å². The molecule has 0 fully saturated rings. The van der Waals surface area contributed by atoms with Gasteiger partial charge >= 0.3 is 5.97 Å².